The molecule has 0 aromatic carbocycles. The predicted molar refractivity (Wildman–Crippen MR) is 151 cm³/mol. The molecule has 2 fully saturated rings. The highest BCUT2D eigenvalue weighted by Crippen LogP contribution is 2.44. The molecule has 7 heteroatoms. The number of aromatic nitrogens is 2. The minimum Gasteiger partial charge on any atom is -0.335 e. The molecule has 1 saturated heterocycles. The van der Waals surface area contributed by atoms with Crippen molar-refractivity contribution < 1.29 is 4.79 Å². The number of hydrogen-bond acceptors (Lipinski definition) is 5. The van der Waals surface area contributed by atoms with Gasteiger partial charge in [0.25, 0.3) is 5.91 Å². The molecule has 6 nitrogen and oxygen atoms in total. The van der Waals surface area contributed by atoms with Crippen LogP contribution in [-0.4, -0.2) is 83.2 Å². The number of hydrogen-bond donors (Lipinski definition) is 0. The quantitative estimate of drug-likeness (QED) is 0.566. The number of nitrogens with zero attached hydrogens (tertiary/aromatic N) is 5. The summed E-state index contributed by atoms with van der Waals surface area (Å²) in [5.41, 5.74) is 6.11. The number of allylic oxidation sites excluding steroid dienone is 2. The highest BCUT2D eigenvalue weighted by Gasteiger charge is 2.40. The van der Waals surface area contributed by atoms with Crippen LogP contribution in [0.5, 0.6) is 0 Å². The first-order valence-electron chi connectivity index (χ1n) is 14.1. The van der Waals surface area contributed by atoms with Gasteiger partial charge in [0.2, 0.25) is 0 Å². The lowest BCUT2D eigenvalue weighted by molar-refractivity contribution is 0.0655. The molecule has 6 rings (SSSR count). The molecule has 4 aliphatic rings. The first kappa shape index (κ1) is 25.1. The van der Waals surface area contributed by atoms with Crippen molar-refractivity contribution in [2.75, 3.05) is 47.3 Å². The minimum atomic E-state index is 0.132. The number of likely N-dealkylation sites (N-methyl/N-ethyl adjacent to an activating group) is 2. The van der Waals surface area contributed by atoms with E-state index in [1.54, 1.807) is 0 Å². The van der Waals surface area contributed by atoms with E-state index in [1.165, 1.54) is 59.4 Å². The van der Waals surface area contributed by atoms with Crippen LogP contribution in [0.3, 0.4) is 0 Å². The van der Waals surface area contributed by atoms with Crippen molar-refractivity contribution >= 4 is 17.2 Å². The Kier molecular flexibility index (Phi) is 6.88. The van der Waals surface area contributed by atoms with Gasteiger partial charge < -0.3 is 9.80 Å². The zero-order valence-electron chi connectivity index (χ0n) is 22.7. The zero-order valence-corrected chi connectivity index (χ0v) is 23.5. The first-order valence-corrected chi connectivity index (χ1v) is 15.0. The van der Waals surface area contributed by atoms with E-state index in [2.05, 4.69) is 65.3 Å². The van der Waals surface area contributed by atoms with E-state index in [0.717, 1.165) is 52.0 Å². The molecule has 3 aliphatic carbocycles. The summed E-state index contributed by atoms with van der Waals surface area (Å²) in [6.07, 6.45) is 16.2. The van der Waals surface area contributed by atoms with Gasteiger partial charge in [0.1, 0.15) is 0 Å². The Labute approximate surface area is 225 Å². The van der Waals surface area contributed by atoms with Crippen LogP contribution in [0.4, 0.5) is 0 Å². The highest BCUT2D eigenvalue weighted by molar-refractivity contribution is 7.10. The molecule has 0 spiro atoms. The lowest BCUT2D eigenvalue weighted by Gasteiger charge is -2.46. The molecular weight excluding hydrogens is 478 g/mol. The summed E-state index contributed by atoms with van der Waals surface area (Å²) in [4.78, 5) is 21.9. The number of amides is 1. The van der Waals surface area contributed by atoms with Crippen molar-refractivity contribution in [3.8, 4) is 11.3 Å². The van der Waals surface area contributed by atoms with Gasteiger partial charge >= 0.3 is 0 Å². The molecule has 0 radical (unpaired) electrons. The van der Waals surface area contributed by atoms with Crippen LogP contribution < -0.4 is 0 Å². The molecule has 1 saturated carbocycles. The fraction of sp³-hybridized carbons (Fsp3) is 0.600. The third-order valence-electron chi connectivity index (χ3n) is 9.40. The molecule has 1 amide bonds. The second-order valence-corrected chi connectivity index (χ2v) is 12.7. The van der Waals surface area contributed by atoms with E-state index in [9.17, 15) is 4.79 Å². The fourth-order valence-electron chi connectivity index (χ4n) is 7.02. The average Bonchev–Trinajstić information content (AvgIpc) is 3.54. The summed E-state index contributed by atoms with van der Waals surface area (Å²) in [5.74, 6) is 0.717. The minimum absolute atomic E-state index is 0.132. The lowest BCUT2D eigenvalue weighted by Crippen LogP contribution is -2.48. The summed E-state index contributed by atoms with van der Waals surface area (Å²) in [6.45, 7) is 4.36. The smallest absolute Gasteiger partial charge is 0.274 e. The molecule has 1 aliphatic heterocycles. The molecule has 198 valence electrons. The maximum absolute atomic E-state index is 13.7. The van der Waals surface area contributed by atoms with Crippen molar-refractivity contribution in [3.63, 3.8) is 0 Å². The van der Waals surface area contributed by atoms with Crippen LogP contribution in [0, 0.1) is 5.92 Å². The number of aryl methyl sites for hydroxylation is 1. The van der Waals surface area contributed by atoms with Crippen LogP contribution in [0.1, 0.15) is 59.5 Å². The van der Waals surface area contributed by atoms with E-state index in [4.69, 9.17) is 5.10 Å². The number of thiophene rings is 1. The van der Waals surface area contributed by atoms with Crippen LogP contribution in [-0.2, 0) is 19.4 Å². The number of piperazine rings is 1. The van der Waals surface area contributed by atoms with Gasteiger partial charge in [-0.25, -0.2) is 0 Å². The third kappa shape index (κ3) is 4.53. The Hall–Kier alpha value is -2.22. The average molecular weight is 520 g/mol. The lowest BCUT2D eigenvalue weighted by atomic mass is 9.70. The van der Waals surface area contributed by atoms with E-state index < -0.39 is 0 Å². The number of fused-ring (bicyclic) bond motifs is 3. The molecule has 0 N–H and O–H groups in total. The molecule has 0 bridgehead atoms. The monoisotopic (exact) mass is 519 g/mol. The van der Waals surface area contributed by atoms with Gasteiger partial charge in [0.05, 0.1) is 5.69 Å². The maximum Gasteiger partial charge on any atom is 0.274 e. The van der Waals surface area contributed by atoms with Gasteiger partial charge in [-0.3, -0.25) is 14.4 Å². The topological polar surface area (TPSA) is 44.6 Å². The van der Waals surface area contributed by atoms with Crippen molar-refractivity contribution in [3.05, 3.63) is 51.4 Å². The first-order chi connectivity index (χ1) is 18.0. The van der Waals surface area contributed by atoms with Crippen molar-refractivity contribution in [2.45, 2.75) is 63.5 Å². The fourth-order valence-corrected chi connectivity index (χ4v) is 7.90. The summed E-state index contributed by atoms with van der Waals surface area (Å²) in [6, 6.07) is 2.25. The molecule has 37 heavy (non-hydrogen) atoms. The van der Waals surface area contributed by atoms with Gasteiger partial charge in [-0.1, -0.05) is 18.2 Å². The molecule has 0 unspecified atom stereocenters. The Morgan fingerprint density at radius 2 is 1.92 bits per heavy atom. The van der Waals surface area contributed by atoms with E-state index >= 15 is 0 Å². The van der Waals surface area contributed by atoms with E-state index in [1.807, 2.05) is 16.2 Å². The summed E-state index contributed by atoms with van der Waals surface area (Å²) < 4.78 is 2.23. The second-order valence-electron chi connectivity index (χ2n) is 11.7. The van der Waals surface area contributed by atoms with Crippen LogP contribution in [0.2, 0.25) is 0 Å². The molecule has 2 aromatic heterocycles. The molecule has 0 atom stereocenters. The van der Waals surface area contributed by atoms with E-state index in [0.29, 0.717) is 11.6 Å². The van der Waals surface area contributed by atoms with Crippen LogP contribution in [0.15, 0.2) is 35.2 Å². The van der Waals surface area contributed by atoms with Gasteiger partial charge in [-0.05, 0) is 95.4 Å². The van der Waals surface area contributed by atoms with Gasteiger partial charge in [0, 0.05) is 54.3 Å². The SMILES string of the molecule is CN1CCN(C(=O)c2nn(CC3CCC(C4=CCCC=C4)(N(C)C)CC3)c3c2CCc2sccc2-3)CC1. The predicted octanol–water partition coefficient (Wildman–Crippen LogP) is 4.86. The second kappa shape index (κ2) is 10.2. The Balaban J connectivity index is 1.26. The van der Waals surface area contributed by atoms with Crippen LogP contribution in [0.25, 0.3) is 11.3 Å². The molecular formula is C30H41N5OS. The summed E-state index contributed by atoms with van der Waals surface area (Å²) >= 11 is 1.85. The summed E-state index contributed by atoms with van der Waals surface area (Å²) in [7, 11) is 6.64. The maximum atomic E-state index is 13.7. The van der Waals surface area contributed by atoms with Crippen molar-refractivity contribution in [1.29, 1.82) is 0 Å². The Morgan fingerprint density at radius 3 is 2.62 bits per heavy atom. The molecule has 2 aromatic rings. The van der Waals surface area contributed by atoms with Crippen molar-refractivity contribution in [1.82, 2.24) is 24.5 Å². The normalized spacial score (nSPS) is 26.2. The molecule has 3 heterocycles. The van der Waals surface area contributed by atoms with Crippen LogP contribution >= 0.6 is 11.3 Å². The van der Waals surface area contributed by atoms with Gasteiger partial charge in [-0.2, -0.15) is 5.10 Å². The number of carbonyl (C=O) groups excluding carboxylic acids is 1. The highest BCUT2D eigenvalue weighted by atomic mass is 32.1. The van der Waals surface area contributed by atoms with Gasteiger partial charge in [0.15, 0.2) is 5.69 Å². The van der Waals surface area contributed by atoms with E-state index in [-0.39, 0.29) is 11.4 Å². The largest absolute Gasteiger partial charge is 0.335 e. The summed E-state index contributed by atoms with van der Waals surface area (Å²) in [5, 5.41) is 7.31. The Morgan fingerprint density at radius 1 is 1.14 bits per heavy atom. The van der Waals surface area contributed by atoms with Crippen molar-refractivity contribution in [2.24, 2.45) is 5.92 Å². The standard InChI is InChI=1S/C30H41N5OS/c1-32(2)30(23-7-5-4-6-8-23)14-11-22(12-15-30)21-35-28-24-13-20-37-26(24)10-9-25(28)27(31-35)29(36)34-18-16-33(3)17-19-34/h5,7-8,13,20,22H,4,6,9-12,14-19,21H2,1-3H3. The number of carbonyl (C=O) groups is 1. The van der Waals surface area contributed by atoms with Gasteiger partial charge in [-0.15, -0.1) is 11.3 Å². The third-order valence-corrected chi connectivity index (χ3v) is 10.4. The zero-order chi connectivity index (χ0) is 25.6. The number of rotatable bonds is 5. The Bertz CT molecular complexity index is 1200.